The molecule has 0 aromatic carbocycles. The zero-order valence-electron chi connectivity index (χ0n) is 9.66. The van der Waals surface area contributed by atoms with Crippen molar-refractivity contribution in [1.29, 1.82) is 0 Å². The highest BCUT2D eigenvalue weighted by Crippen LogP contribution is 2.38. The van der Waals surface area contributed by atoms with Crippen molar-refractivity contribution in [2.45, 2.75) is 38.6 Å². The van der Waals surface area contributed by atoms with Crippen LogP contribution in [0.1, 0.15) is 43.4 Å². The second-order valence-corrected chi connectivity index (χ2v) is 4.39. The van der Waals surface area contributed by atoms with E-state index in [4.69, 9.17) is 0 Å². The Balaban J connectivity index is 2.24. The third-order valence-corrected chi connectivity index (χ3v) is 3.59. The van der Waals surface area contributed by atoms with E-state index in [9.17, 15) is 0 Å². The Morgan fingerprint density at radius 3 is 2.87 bits per heavy atom. The first kappa shape index (κ1) is 10.6. The minimum Gasteiger partial charge on any atom is -0.313 e. The third kappa shape index (κ3) is 2.05. The number of aryl methyl sites for hydroxylation is 1. The molecule has 0 spiro atoms. The van der Waals surface area contributed by atoms with Crippen LogP contribution in [-0.2, 0) is 6.42 Å². The lowest BCUT2D eigenvalue weighted by Crippen LogP contribution is -2.30. The summed E-state index contributed by atoms with van der Waals surface area (Å²) in [6, 6.07) is 2.72. The Morgan fingerprint density at radius 1 is 1.53 bits per heavy atom. The van der Waals surface area contributed by atoms with E-state index in [2.05, 4.69) is 30.3 Å². The summed E-state index contributed by atoms with van der Waals surface area (Å²) in [5.74, 6) is 0.836. The second kappa shape index (κ2) is 4.75. The van der Waals surface area contributed by atoms with Crippen molar-refractivity contribution in [3.05, 3.63) is 29.6 Å². The Labute approximate surface area is 92.1 Å². The molecule has 1 N–H and O–H groups in total. The Kier molecular flexibility index (Phi) is 3.37. The zero-order valence-corrected chi connectivity index (χ0v) is 9.66. The fourth-order valence-electron chi connectivity index (χ4n) is 2.46. The summed E-state index contributed by atoms with van der Waals surface area (Å²) in [6.07, 6.45) is 9.15. The number of nitrogens with zero attached hydrogens (tertiary/aromatic N) is 1. The first-order chi connectivity index (χ1) is 7.36. The molecule has 1 aliphatic rings. The molecule has 15 heavy (non-hydrogen) atoms. The predicted octanol–water partition coefficient (Wildman–Crippen LogP) is 2.70. The predicted molar refractivity (Wildman–Crippen MR) is 62.8 cm³/mol. The van der Waals surface area contributed by atoms with Crippen molar-refractivity contribution in [2.24, 2.45) is 5.92 Å². The molecule has 2 rings (SSSR count). The van der Waals surface area contributed by atoms with Crippen LogP contribution in [0.15, 0.2) is 18.5 Å². The van der Waals surface area contributed by atoms with E-state index in [1.54, 1.807) is 0 Å². The number of rotatable bonds is 4. The minimum atomic E-state index is 0.539. The smallest absolute Gasteiger partial charge is 0.0350 e. The van der Waals surface area contributed by atoms with Gasteiger partial charge in [-0.15, -0.1) is 0 Å². The van der Waals surface area contributed by atoms with Gasteiger partial charge in [0.15, 0.2) is 0 Å². The van der Waals surface area contributed by atoms with Crippen molar-refractivity contribution in [1.82, 2.24) is 10.3 Å². The lowest BCUT2D eigenvalue weighted by atomic mass is 9.76. The van der Waals surface area contributed by atoms with Crippen LogP contribution in [0.4, 0.5) is 0 Å². The lowest BCUT2D eigenvalue weighted by molar-refractivity contribution is 0.238. The van der Waals surface area contributed by atoms with Gasteiger partial charge < -0.3 is 5.32 Å². The van der Waals surface area contributed by atoms with Crippen LogP contribution < -0.4 is 5.32 Å². The average molecular weight is 204 g/mol. The third-order valence-electron chi connectivity index (χ3n) is 3.59. The summed E-state index contributed by atoms with van der Waals surface area (Å²) >= 11 is 0. The topological polar surface area (TPSA) is 24.9 Å². The van der Waals surface area contributed by atoms with E-state index >= 15 is 0 Å². The molecule has 1 heterocycles. The SMILES string of the molecule is CCc1cnccc1C(NC)C1CCC1. The van der Waals surface area contributed by atoms with Gasteiger partial charge in [-0.25, -0.2) is 0 Å². The Morgan fingerprint density at radius 2 is 2.33 bits per heavy atom. The van der Waals surface area contributed by atoms with Gasteiger partial charge in [0, 0.05) is 18.4 Å². The maximum absolute atomic E-state index is 4.21. The first-order valence-corrected chi connectivity index (χ1v) is 5.96. The first-order valence-electron chi connectivity index (χ1n) is 5.96. The molecule has 1 unspecified atom stereocenters. The molecule has 1 aromatic rings. The zero-order chi connectivity index (χ0) is 10.7. The van der Waals surface area contributed by atoms with E-state index < -0.39 is 0 Å². The highest BCUT2D eigenvalue weighted by molar-refractivity contribution is 5.27. The fraction of sp³-hybridized carbons (Fsp3) is 0.615. The van der Waals surface area contributed by atoms with E-state index in [1.165, 1.54) is 30.4 Å². The molecular formula is C13H20N2. The van der Waals surface area contributed by atoms with Gasteiger partial charge in [-0.05, 0) is 49.4 Å². The molecule has 0 bridgehead atoms. The van der Waals surface area contributed by atoms with Crippen LogP contribution in [0.2, 0.25) is 0 Å². The Bertz CT molecular complexity index is 318. The molecule has 1 aromatic heterocycles. The molecule has 0 aliphatic heterocycles. The highest BCUT2D eigenvalue weighted by atomic mass is 14.9. The van der Waals surface area contributed by atoms with E-state index in [0.717, 1.165) is 12.3 Å². The van der Waals surface area contributed by atoms with Crippen LogP contribution >= 0.6 is 0 Å². The van der Waals surface area contributed by atoms with Crippen LogP contribution in [0, 0.1) is 5.92 Å². The van der Waals surface area contributed by atoms with Gasteiger partial charge in [0.2, 0.25) is 0 Å². The van der Waals surface area contributed by atoms with Gasteiger partial charge in [-0.2, -0.15) is 0 Å². The molecule has 2 nitrogen and oxygen atoms in total. The number of pyridine rings is 1. The molecule has 0 saturated heterocycles. The molecule has 1 aliphatic carbocycles. The molecule has 1 saturated carbocycles. The van der Waals surface area contributed by atoms with Crippen LogP contribution in [0.25, 0.3) is 0 Å². The summed E-state index contributed by atoms with van der Waals surface area (Å²) in [6.45, 7) is 2.20. The molecule has 1 fully saturated rings. The quantitative estimate of drug-likeness (QED) is 0.815. The largest absolute Gasteiger partial charge is 0.313 e. The van der Waals surface area contributed by atoms with Gasteiger partial charge >= 0.3 is 0 Å². The lowest BCUT2D eigenvalue weighted by Gasteiger charge is -2.34. The summed E-state index contributed by atoms with van der Waals surface area (Å²) in [5, 5.41) is 3.47. The van der Waals surface area contributed by atoms with Crippen molar-refractivity contribution < 1.29 is 0 Å². The number of hydrogen-bond acceptors (Lipinski definition) is 2. The van der Waals surface area contributed by atoms with Crippen molar-refractivity contribution in [3.8, 4) is 0 Å². The minimum absolute atomic E-state index is 0.539. The standard InChI is InChI=1S/C13H20N2/c1-3-10-9-15-8-7-12(10)13(14-2)11-5-4-6-11/h7-9,11,13-14H,3-6H2,1-2H3. The normalized spacial score (nSPS) is 18.5. The van der Waals surface area contributed by atoms with Crippen LogP contribution in [0.3, 0.4) is 0 Å². The number of nitrogens with one attached hydrogen (secondary N) is 1. The fourth-order valence-corrected chi connectivity index (χ4v) is 2.46. The summed E-state index contributed by atoms with van der Waals surface area (Å²) in [5.41, 5.74) is 2.85. The van der Waals surface area contributed by atoms with Crippen LogP contribution in [0.5, 0.6) is 0 Å². The summed E-state index contributed by atoms with van der Waals surface area (Å²) in [7, 11) is 2.07. The van der Waals surface area contributed by atoms with E-state index in [1.807, 2.05) is 12.4 Å². The Hall–Kier alpha value is -0.890. The van der Waals surface area contributed by atoms with E-state index in [-0.39, 0.29) is 0 Å². The van der Waals surface area contributed by atoms with Crippen molar-refractivity contribution in [2.75, 3.05) is 7.05 Å². The van der Waals surface area contributed by atoms with Crippen molar-refractivity contribution >= 4 is 0 Å². The molecule has 0 amide bonds. The monoisotopic (exact) mass is 204 g/mol. The number of aromatic nitrogens is 1. The summed E-state index contributed by atoms with van der Waals surface area (Å²) in [4.78, 5) is 4.21. The average Bonchev–Trinajstić information content (AvgIpc) is 2.23. The van der Waals surface area contributed by atoms with Gasteiger partial charge in [0.05, 0.1) is 0 Å². The number of hydrogen-bond donors (Lipinski definition) is 1. The van der Waals surface area contributed by atoms with Gasteiger partial charge in [-0.3, -0.25) is 4.98 Å². The highest BCUT2D eigenvalue weighted by Gasteiger charge is 2.28. The maximum atomic E-state index is 4.21. The van der Waals surface area contributed by atoms with Crippen molar-refractivity contribution in [3.63, 3.8) is 0 Å². The maximum Gasteiger partial charge on any atom is 0.0350 e. The molecule has 1 atom stereocenters. The molecule has 82 valence electrons. The molecular weight excluding hydrogens is 184 g/mol. The van der Waals surface area contributed by atoms with E-state index in [0.29, 0.717) is 6.04 Å². The van der Waals surface area contributed by atoms with Crippen LogP contribution in [-0.4, -0.2) is 12.0 Å². The second-order valence-electron chi connectivity index (χ2n) is 4.39. The molecule has 2 heteroatoms. The van der Waals surface area contributed by atoms with Gasteiger partial charge in [0.1, 0.15) is 0 Å². The van der Waals surface area contributed by atoms with Gasteiger partial charge in [0.25, 0.3) is 0 Å². The summed E-state index contributed by atoms with van der Waals surface area (Å²) < 4.78 is 0. The van der Waals surface area contributed by atoms with Gasteiger partial charge in [-0.1, -0.05) is 13.3 Å². The molecule has 0 radical (unpaired) electrons.